The molecule has 5 heterocycles. The molecule has 4 saturated carbocycles. The molecule has 2 bridgehead atoms. The molecule has 442 valence electrons. The van der Waals surface area contributed by atoms with Gasteiger partial charge < -0.3 is 129 Å². The predicted molar refractivity (Wildman–Crippen MR) is 250 cm³/mol. The number of carbonyl (C=O) groups is 1. The molecule has 0 aromatic carbocycles. The van der Waals surface area contributed by atoms with E-state index in [0.717, 1.165) is 0 Å². The molecule has 0 aromatic heterocycles. The third-order valence-corrected chi connectivity index (χ3v) is 19.8. The lowest BCUT2D eigenvalue weighted by Gasteiger charge is -2.69. The van der Waals surface area contributed by atoms with Crippen LogP contribution in [0, 0.1) is 27.6 Å². The summed E-state index contributed by atoms with van der Waals surface area (Å²) < 4.78 is 60.4. The van der Waals surface area contributed by atoms with Crippen molar-refractivity contribution in [3.63, 3.8) is 0 Å². The Morgan fingerprint density at radius 2 is 1.05 bits per heavy atom. The molecule has 9 aliphatic rings. The van der Waals surface area contributed by atoms with Crippen molar-refractivity contribution in [2.45, 2.75) is 232 Å². The molecule has 27 unspecified atom stereocenters. The zero-order valence-corrected chi connectivity index (χ0v) is 43.2. The number of aliphatic hydroxyl groups is 16. The molecule has 16 N–H and O–H groups in total. The number of fused-ring (bicyclic) bond motifs is 3. The van der Waals surface area contributed by atoms with Crippen LogP contribution in [0.1, 0.15) is 78.6 Å². The summed E-state index contributed by atoms with van der Waals surface area (Å²) >= 11 is 0. The lowest BCUT2D eigenvalue weighted by Crippen LogP contribution is -2.68. The molecule has 30 atom stereocenters. The van der Waals surface area contributed by atoms with Crippen LogP contribution < -0.4 is 0 Å². The Labute approximate surface area is 443 Å². The highest BCUT2D eigenvalue weighted by molar-refractivity contribution is 5.77. The minimum Gasteiger partial charge on any atom is -0.432 e. The largest absolute Gasteiger partial charge is 0.432 e. The van der Waals surface area contributed by atoms with Gasteiger partial charge in [0.2, 0.25) is 6.29 Å². The first-order valence-electron chi connectivity index (χ1n) is 26.7. The average molecular weight is 1110 g/mol. The number of aliphatic hydroxyl groups excluding tert-OH is 16. The quantitative estimate of drug-likeness (QED) is 0.0437. The molecule has 9 fully saturated rings. The molecule has 1 spiro atoms. The van der Waals surface area contributed by atoms with E-state index in [1.165, 1.54) is 0 Å². The molecular formula is C50H80O27. The third kappa shape index (κ3) is 9.85. The van der Waals surface area contributed by atoms with E-state index in [-0.39, 0.29) is 5.92 Å². The summed E-state index contributed by atoms with van der Waals surface area (Å²) in [6, 6.07) is 0. The lowest BCUT2D eigenvalue weighted by molar-refractivity contribution is -0.400. The molecule has 4 aliphatic carbocycles. The fraction of sp³-hybridized carbons (Fsp3) is 0.940. The van der Waals surface area contributed by atoms with E-state index in [1.807, 2.05) is 6.92 Å². The summed E-state index contributed by atoms with van der Waals surface area (Å²) in [5.41, 5.74) is -3.41. The average Bonchev–Trinajstić information content (AvgIpc) is 3.82. The summed E-state index contributed by atoms with van der Waals surface area (Å²) in [7, 11) is 0. The van der Waals surface area contributed by atoms with Gasteiger partial charge in [0.25, 0.3) is 0 Å². The van der Waals surface area contributed by atoms with Gasteiger partial charge >= 0.3 is 5.97 Å². The van der Waals surface area contributed by atoms with Gasteiger partial charge in [-0.05, 0) is 86.0 Å². The van der Waals surface area contributed by atoms with Gasteiger partial charge in [-0.3, -0.25) is 4.79 Å². The van der Waals surface area contributed by atoms with Crippen LogP contribution in [0.3, 0.4) is 0 Å². The Hall–Kier alpha value is -1.79. The molecule has 9 rings (SSSR count). The van der Waals surface area contributed by atoms with Crippen molar-refractivity contribution in [1.29, 1.82) is 0 Å². The second-order valence-electron chi connectivity index (χ2n) is 23.7. The number of esters is 1. The zero-order chi connectivity index (χ0) is 56.1. The molecule has 5 aliphatic heterocycles. The number of rotatable bonds is 14. The Bertz CT molecular complexity index is 2070. The smallest absolute Gasteiger partial charge is 0.314 e. The van der Waals surface area contributed by atoms with Crippen LogP contribution in [0.2, 0.25) is 0 Å². The maximum absolute atomic E-state index is 14.9. The van der Waals surface area contributed by atoms with Crippen LogP contribution in [0.15, 0.2) is 12.2 Å². The van der Waals surface area contributed by atoms with Crippen LogP contribution in [0.4, 0.5) is 0 Å². The number of hydrogen-bond acceptors (Lipinski definition) is 27. The molecule has 0 aromatic rings. The summed E-state index contributed by atoms with van der Waals surface area (Å²) in [4.78, 5) is 14.9. The highest BCUT2D eigenvalue weighted by atomic mass is 16.8. The van der Waals surface area contributed by atoms with Crippen molar-refractivity contribution in [2.24, 2.45) is 27.6 Å². The van der Waals surface area contributed by atoms with E-state index in [0.29, 0.717) is 63.4 Å². The van der Waals surface area contributed by atoms with Gasteiger partial charge in [-0.1, -0.05) is 26.8 Å². The summed E-state index contributed by atoms with van der Waals surface area (Å²) in [5, 5.41) is 170. The molecule has 27 heteroatoms. The van der Waals surface area contributed by atoms with Crippen molar-refractivity contribution >= 4 is 5.97 Å². The summed E-state index contributed by atoms with van der Waals surface area (Å²) in [5.74, 6) is -1.04. The van der Waals surface area contributed by atoms with Crippen molar-refractivity contribution in [3.05, 3.63) is 12.2 Å². The van der Waals surface area contributed by atoms with Crippen molar-refractivity contribution in [3.8, 4) is 0 Å². The fourth-order valence-electron chi connectivity index (χ4n) is 15.0. The molecule has 5 saturated heterocycles. The highest BCUT2D eigenvalue weighted by Crippen LogP contribution is 2.79. The molecule has 27 nitrogen and oxygen atoms in total. The first kappa shape index (κ1) is 59.8. The van der Waals surface area contributed by atoms with Crippen LogP contribution in [0.5, 0.6) is 0 Å². The normalized spacial score (nSPS) is 55.1. The third-order valence-electron chi connectivity index (χ3n) is 19.8. The minimum atomic E-state index is -1.99. The van der Waals surface area contributed by atoms with E-state index < -0.39 is 214 Å². The highest BCUT2D eigenvalue weighted by Gasteiger charge is 2.74. The monoisotopic (exact) mass is 1110 g/mol. The van der Waals surface area contributed by atoms with Crippen LogP contribution in [0.25, 0.3) is 0 Å². The zero-order valence-electron chi connectivity index (χ0n) is 43.2. The standard InChI is InChI=1S/C50H80O27/c1-19-12-49-9-6-25-46(2,45(67)76-43-38(33(63)29(59)23(15-53)71-43)74-40-34(64)26(56)20(55)17-68-40)7-5-8-47(25,3)48(49,4)10-11-50(19,18-49)77-44-39(75-42-36(66)32(62)28(58)22(14-52)70-42)37(30(60)24(16-54)72-44)73-41-35(65)31(61)27(57)21(13-51)69-41/h20-44,51-66H,1,5-18H2,2-4H3/t20?,21?,22?,23?,24?,25?,26?,27?,28?,29-,30-,31?,32+,33?,34?,35?,36?,37?,38?,39?,40?,41?,42?,43?,44?,46?,47?,48?,49?,50?/m0/s1. The number of ether oxygens (including phenoxy) is 10. The topological polar surface area (TPSA) is 433 Å². The van der Waals surface area contributed by atoms with Gasteiger partial charge in [0, 0.05) is 0 Å². The first-order valence-corrected chi connectivity index (χ1v) is 26.7. The van der Waals surface area contributed by atoms with Crippen molar-refractivity contribution in [2.75, 3.05) is 33.0 Å². The molecule has 0 radical (unpaired) electrons. The Kier molecular flexibility index (Phi) is 17.4. The van der Waals surface area contributed by atoms with Gasteiger partial charge in [-0.15, -0.1) is 0 Å². The van der Waals surface area contributed by atoms with Gasteiger partial charge in [0.15, 0.2) is 31.3 Å². The van der Waals surface area contributed by atoms with E-state index >= 15 is 0 Å². The van der Waals surface area contributed by atoms with Crippen molar-refractivity contribution in [1.82, 2.24) is 0 Å². The first-order chi connectivity index (χ1) is 36.3. The Balaban J connectivity index is 0.985. The van der Waals surface area contributed by atoms with E-state index in [9.17, 15) is 86.5 Å². The minimum absolute atomic E-state index is 0.295. The molecule has 0 amide bonds. The maximum Gasteiger partial charge on any atom is 0.314 e. The second kappa shape index (κ2) is 22.4. The van der Waals surface area contributed by atoms with Gasteiger partial charge in [-0.2, -0.15) is 0 Å². The van der Waals surface area contributed by atoms with Crippen LogP contribution in [-0.2, 0) is 52.2 Å². The Morgan fingerprint density at radius 3 is 1.64 bits per heavy atom. The van der Waals surface area contributed by atoms with Gasteiger partial charge in [0.05, 0.1) is 44.1 Å². The van der Waals surface area contributed by atoms with E-state index in [1.54, 1.807) is 0 Å². The summed E-state index contributed by atoms with van der Waals surface area (Å²) in [6.45, 7) is 6.99. The molecular weight excluding hydrogens is 1030 g/mol. The molecule has 77 heavy (non-hydrogen) atoms. The lowest BCUT2D eigenvalue weighted by atomic mass is 9.35. The number of hydrogen-bond donors (Lipinski definition) is 16. The van der Waals surface area contributed by atoms with Crippen LogP contribution in [-0.4, -0.2) is 274 Å². The van der Waals surface area contributed by atoms with Crippen LogP contribution >= 0.6 is 0 Å². The van der Waals surface area contributed by atoms with Gasteiger partial charge in [-0.25, -0.2) is 0 Å². The maximum atomic E-state index is 14.9. The number of carbonyl (C=O) groups excluding carboxylic acids is 1. The fourth-order valence-corrected chi connectivity index (χ4v) is 15.0. The second-order valence-corrected chi connectivity index (χ2v) is 23.7. The van der Waals surface area contributed by atoms with E-state index in [4.69, 9.17) is 47.4 Å². The SMILES string of the molecule is C=C1CC23CCC4C(C)(C(=O)OC5OC(CO)[C@H](O)C(O)C5OC5OCC(O)C(O)C5O)CCCC4(C)C2(C)CCC1(OC1OC(CO)[C@H](O)C(OC2OC(CO)C(O)C(O)C2O)C1OC1OC(CO)C(O)[C@@H](O)C1O)C3. The van der Waals surface area contributed by atoms with Crippen molar-refractivity contribution < 1.29 is 134 Å². The van der Waals surface area contributed by atoms with Gasteiger partial charge in [0.1, 0.15) is 110 Å². The predicted octanol–water partition coefficient (Wildman–Crippen LogP) is -6.26. The summed E-state index contributed by atoms with van der Waals surface area (Å²) in [6.07, 6.45) is -37.4. The Morgan fingerprint density at radius 1 is 0.545 bits per heavy atom. The van der Waals surface area contributed by atoms with E-state index in [2.05, 4.69) is 20.4 Å².